The normalized spacial score (nSPS) is 17.3. The third-order valence-electron chi connectivity index (χ3n) is 4.14. The minimum absolute atomic E-state index is 0.147. The van der Waals surface area contributed by atoms with Crippen LogP contribution in [-0.2, 0) is 4.57 Å². The molecular formula is C14H34N2O3P2S. The van der Waals surface area contributed by atoms with E-state index in [2.05, 4.69) is 0 Å². The van der Waals surface area contributed by atoms with Gasteiger partial charge in [0.1, 0.15) is 8.30 Å². The summed E-state index contributed by atoms with van der Waals surface area (Å²) >= 11 is 1.92. The molecule has 0 aromatic carbocycles. The first kappa shape index (κ1) is 22.9. The summed E-state index contributed by atoms with van der Waals surface area (Å²) in [6.07, 6.45) is 5.84. The van der Waals surface area contributed by atoms with Gasteiger partial charge in [-0.1, -0.05) is 26.7 Å². The van der Waals surface area contributed by atoms with E-state index in [1.54, 1.807) is 13.8 Å². The fraction of sp³-hybridized carbons (Fsp3) is 1.00. The summed E-state index contributed by atoms with van der Waals surface area (Å²) in [7, 11) is -4.86. The predicted octanol–water partition coefficient (Wildman–Crippen LogP) is 4.02. The molecule has 0 rings (SSSR count). The molecule has 0 saturated carbocycles. The standard InChI is InChI=1S/C14H34N2O3P2S/c1-13(2,20(15)17)9-5-7-11-22-12-8-6-10-14(3,4)21(16,18)19/h17H,5-12,15H2,1-4H3,(H3,16,18,19). The lowest BCUT2D eigenvalue weighted by Crippen LogP contribution is -2.24. The number of rotatable bonds is 12. The molecule has 0 bridgehead atoms. The van der Waals surface area contributed by atoms with Crippen LogP contribution in [0.1, 0.15) is 66.2 Å². The van der Waals surface area contributed by atoms with Gasteiger partial charge >= 0.3 is 0 Å². The zero-order valence-corrected chi connectivity index (χ0v) is 17.0. The highest BCUT2D eigenvalue weighted by Gasteiger charge is 2.34. The Balaban J connectivity index is 3.59. The number of thioether (sulfide) groups is 1. The summed E-state index contributed by atoms with van der Waals surface area (Å²) in [6, 6.07) is 0. The summed E-state index contributed by atoms with van der Waals surface area (Å²) in [5, 5.41) is -0.833. The average Bonchev–Trinajstić information content (AvgIpc) is 2.35. The van der Waals surface area contributed by atoms with E-state index in [-0.39, 0.29) is 5.16 Å². The second kappa shape index (κ2) is 9.98. The third-order valence-corrected chi connectivity index (χ3v) is 8.72. The molecule has 0 radical (unpaired) electrons. The zero-order chi connectivity index (χ0) is 17.4. The second-order valence-corrected chi connectivity index (χ2v) is 12.7. The van der Waals surface area contributed by atoms with Gasteiger partial charge < -0.3 is 9.79 Å². The minimum Gasteiger partial charge on any atom is -0.359 e. The lowest BCUT2D eigenvalue weighted by molar-refractivity contribution is 0.423. The van der Waals surface area contributed by atoms with E-state index in [4.69, 9.17) is 11.0 Å². The highest BCUT2D eigenvalue weighted by atomic mass is 32.2. The van der Waals surface area contributed by atoms with Crippen molar-refractivity contribution < 1.29 is 14.4 Å². The Kier molecular flexibility index (Phi) is 10.4. The molecular weight excluding hydrogens is 338 g/mol. The quantitative estimate of drug-likeness (QED) is 0.304. The Morgan fingerprint density at radius 2 is 1.50 bits per heavy atom. The molecule has 5 nitrogen and oxygen atoms in total. The maximum atomic E-state index is 11.5. The van der Waals surface area contributed by atoms with Crippen LogP contribution in [0.4, 0.5) is 0 Å². The molecule has 0 aliphatic carbocycles. The van der Waals surface area contributed by atoms with Crippen LogP contribution in [0.3, 0.4) is 0 Å². The zero-order valence-electron chi connectivity index (χ0n) is 14.4. The van der Waals surface area contributed by atoms with Gasteiger partial charge in [-0.2, -0.15) is 11.8 Å². The van der Waals surface area contributed by atoms with Gasteiger partial charge in [0.25, 0.3) is 7.52 Å². The largest absolute Gasteiger partial charge is 0.359 e. The molecule has 0 aliphatic heterocycles. The van der Waals surface area contributed by atoms with Crippen molar-refractivity contribution in [2.45, 2.75) is 76.5 Å². The van der Waals surface area contributed by atoms with Gasteiger partial charge in [-0.15, -0.1) is 0 Å². The molecule has 0 spiro atoms. The van der Waals surface area contributed by atoms with Crippen molar-refractivity contribution in [3.63, 3.8) is 0 Å². The SMILES string of the molecule is CC(C)(CCCCSCCCCC(C)(C)P(N)(=O)O)P(N)O. The van der Waals surface area contributed by atoms with Gasteiger partial charge in [0, 0.05) is 5.16 Å². The number of nitrogens with two attached hydrogens (primary N) is 2. The molecule has 0 saturated heterocycles. The van der Waals surface area contributed by atoms with E-state index in [1.807, 2.05) is 25.6 Å². The maximum Gasteiger partial charge on any atom is 0.270 e. The molecule has 0 aromatic heterocycles. The van der Waals surface area contributed by atoms with Gasteiger partial charge in [0.15, 0.2) is 0 Å². The molecule has 0 aliphatic rings. The van der Waals surface area contributed by atoms with Crippen molar-refractivity contribution in [2.75, 3.05) is 11.5 Å². The lowest BCUT2D eigenvalue weighted by Gasteiger charge is -2.27. The van der Waals surface area contributed by atoms with Crippen molar-refractivity contribution >= 4 is 27.6 Å². The molecule has 22 heavy (non-hydrogen) atoms. The number of unbranched alkanes of at least 4 members (excludes halogenated alkanes) is 2. The molecule has 2 atom stereocenters. The summed E-state index contributed by atoms with van der Waals surface area (Å²) in [5.74, 6) is 2.19. The van der Waals surface area contributed by atoms with Gasteiger partial charge in [0.2, 0.25) is 0 Å². The fourth-order valence-corrected chi connectivity index (χ4v) is 3.79. The maximum absolute atomic E-state index is 11.5. The molecule has 0 fully saturated rings. The van der Waals surface area contributed by atoms with Crippen molar-refractivity contribution in [2.24, 2.45) is 11.0 Å². The molecule has 8 heteroatoms. The molecule has 2 unspecified atom stereocenters. The van der Waals surface area contributed by atoms with E-state index in [0.717, 1.165) is 43.6 Å². The fourth-order valence-electron chi connectivity index (χ4n) is 1.90. The lowest BCUT2D eigenvalue weighted by atomic mass is 10.1. The van der Waals surface area contributed by atoms with Crippen LogP contribution in [0, 0.1) is 0 Å². The van der Waals surface area contributed by atoms with Gasteiger partial charge in [0.05, 0.1) is 5.16 Å². The van der Waals surface area contributed by atoms with Crippen LogP contribution < -0.4 is 11.0 Å². The first-order chi connectivity index (χ1) is 9.90. The second-order valence-electron chi connectivity index (χ2n) is 7.12. The first-order valence-corrected chi connectivity index (χ1v) is 12.1. The van der Waals surface area contributed by atoms with Crippen molar-refractivity contribution in [1.29, 1.82) is 0 Å². The van der Waals surface area contributed by atoms with Crippen LogP contribution in [0.5, 0.6) is 0 Å². The van der Waals surface area contributed by atoms with E-state index in [9.17, 15) is 14.4 Å². The van der Waals surface area contributed by atoms with Gasteiger partial charge in [-0.05, 0) is 51.0 Å². The summed E-state index contributed by atoms with van der Waals surface area (Å²) in [6.45, 7) is 7.56. The Morgan fingerprint density at radius 1 is 1.05 bits per heavy atom. The highest BCUT2D eigenvalue weighted by Crippen LogP contribution is 2.49. The van der Waals surface area contributed by atoms with Crippen molar-refractivity contribution in [1.82, 2.24) is 0 Å². The van der Waals surface area contributed by atoms with Crippen molar-refractivity contribution in [3.8, 4) is 0 Å². The highest BCUT2D eigenvalue weighted by molar-refractivity contribution is 7.99. The Hall–Kier alpha value is 0.850. The summed E-state index contributed by atoms with van der Waals surface area (Å²) < 4.78 is 11.5. The van der Waals surface area contributed by atoms with Crippen LogP contribution >= 0.6 is 27.6 Å². The summed E-state index contributed by atoms with van der Waals surface area (Å²) in [5.41, 5.74) is 10.9. The Bertz CT molecular complexity index is 360. The topological polar surface area (TPSA) is 110 Å². The number of hydrogen-bond donors (Lipinski definition) is 4. The molecule has 134 valence electrons. The molecule has 0 heterocycles. The number of hydrogen-bond acceptors (Lipinski definition) is 4. The van der Waals surface area contributed by atoms with Gasteiger partial charge in [-0.3, -0.25) is 15.6 Å². The third kappa shape index (κ3) is 9.22. The van der Waals surface area contributed by atoms with E-state index in [1.165, 1.54) is 0 Å². The molecule has 0 amide bonds. The monoisotopic (exact) mass is 372 g/mol. The predicted molar refractivity (Wildman–Crippen MR) is 101 cm³/mol. The average molecular weight is 372 g/mol. The molecule has 6 N–H and O–H groups in total. The Labute approximate surface area is 141 Å². The van der Waals surface area contributed by atoms with Crippen molar-refractivity contribution in [3.05, 3.63) is 0 Å². The first-order valence-electron chi connectivity index (χ1n) is 7.83. The molecule has 0 aromatic rings. The smallest absolute Gasteiger partial charge is 0.270 e. The van der Waals surface area contributed by atoms with Crippen LogP contribution in [-0.4, -0.2) is 31.6 Å². The van der Waals surface area contributed by atoms with E-state index < -0.39 is 21.0 Å². The van der Waals surface area contributed by atoms with E-state index in [0.29, 0.717) is 6.42 Å². The minimum atomic E-state index is -3.50. The van der Waals surface area contributed by atoms with Gasteiger partial charge in [-0.25, -0.2) is 0 Å². The summed E-state index contributed by atoms with van der Waals surface area (Å²) in [4.78, 5) is 18.9. The Morgan fingerprint density at radius 3 is 1.91 bits per heavy atom. The van der Waals surface area contributed by atoms with Crippen LogP contribution in [0.25, 0.3) is 0 Å². The van der Waals surface area contributed by atoms with Crippen LogP contribution in [0.15, 0.2) is 0 Å². The van der Waals surface area contributed by atoms with Crippen LogP contribution in [0.2, 0.25) is 0 Å². The van der Waals surface area contributed by atoms with E-state index >= 15 is 0 Å².